The normalized spacial score (nSPS) is 10.5. The van der Waals surface area contributed by atoms with E-state index in [4.69, 9.17) is 11.6 Å². The van der Waals surface area contributed by atoms with E-state index < -0.39 is 6.43 Å². The Labute approximate surface area is 67.2 Å². The predicted molar refractivity (Wildman–Crippen MR) is 36.5 cm³/mol. The third kappa shape index (κ3) is 2.08. The Hall–Kier alpha value is -0.770. The maximum atomic E-state index is 11.9. The number of hydrogen-bond donors (Lipinski definition) is 0. The number of halogens is 3. The maximum absolute atomic E-state index is 11.9. The topological polar surface area (TPSA) is 25.8 Å². The SMILES string of the molecule is FC(F)c1cnc(CCl)nc1. The van der Waals surface area contributed by atoms with E-state index in [2.05, 4.69) is 9.97 Å². The van der Waals surface area contributed by atoms with E-state index in [9.17, 15) is 8.78 Å². The van der Waals surface area contributed by atoms with Crippen molar-refractivity contribution < 1.29 is 8.78 Å². The summed E-state index contributed by atoms with van der Waals surface area (Å²) in [5, 5.41) is 0. The largest absolute Gasteiger partial charge is 0.266 e. The Morgan fingerprint density at radius 2 is 1.91 bits per heavy atom. The Morgan fingerprint density at radius 1 is 1.36 bits per heavy atom. The Balaban J connectivity index is 2.83. The summed E-state index contributed by atoms with van der Waals surface area (Å²) in [7, 11) is 0. The number of aromatic nitrogens is 2. The van der Waals surface area contributed by atoms with Crippen LogP contribution in [0.15, 0.2) is 12.4 Å². The number of hydrogen-bond acceptors (Lipinski definition) is 2. The van der Waals surface area contributed by atoms with Crippen molar-refractivity contribution in [3.63, 3.8) is 0 Å². The van der Waals surface area contributed by atoms with Crippen LogP contribution in [0.1, 0.15) is 17.8 Å². The van der Waals surface area contributed by atoms with E-state index in [1.807, 2.05) is 0 Å². The third-order valence-electron chi connectivity index (χ3n) is 1.10. The highest BCUT2D eigenvalue weighted by Crippen LogP contribution is 2.15. The minimum Gasteiger partial charge on any atom is -0.240 e. The molecular weight excluding hydrogens is 174 g/mol. The van der Waals surface area contributed by atoms with Gasteiger partial charge in [-0.25, -0.2) is 18.7 Å². The van der Waals surface area contributed by atoms with E-state index in [-0.39, 0.29) is 11.4 Å². The summed E-state index contributed by atoms with van der Waals surface area (Å²) in [5.41, 5.74) is -0.182. The van der Waals surface area contributed by atoms with Crippen molar-refractivity contribution in [3.05, 3.63) is 23.8 Å². The van der Waals surface area contributed by atoms with Crippen LogP contribution in [0, 0.1) is 0 Å². The molecule has 0 aromatic carbocycles. The quantitative estimate of drug-likeness (QED) is 0.649. The van der Waals surface area contributed by atoms with Crippen LogP contribution in [0.3, 0.4) is 0 Å². The van der Waals surface area contributed by atoms with Crippen LogP contribution < -0.4 is 0 Å². The smallest absolute Gasteiger partial charge is 0.240 e. The van der Waals surface area contributed by atoms with Gasteiger partial charge in [0.25, 0.3) is 6.43 Å². The van der Waals surface area contributed by atoms with E-state index in [0.717, 1.165) is 12.4 Å². The van der Waals surface area contributed by atoms with Gasteiger partial charge >= 0.3 is 0 Å². The summed E-state index contributed by atoms with van der Waals surface area (Å²) in [6, 6.07) is 0. The average molecular weight is 179 g/mol. The predicted octanol–water partition coefficient (Wildman–Crippen LogP) is 2.15. The summed E-state index contributed by atoms with van der Waals surface area (Å²) >= 11 is 5.35. The monoisotopic (exact) mass is 178 g/mol. The van der Waals surface area contributed by atoms with E-state index in [1.54, 1.807) is 0 Å². The molecule has 0 amide bonds. The van der Waals surface area contributed by atoms with Crippen LogP contribution in [-0.4, -0.2) is 9.97 Å². The van der Waals surface area contributed by atoms with Crippen molar-refractivity contribution in [3.8, 4) is 0 Å². The van der Waals surface area contributed by atoms with Crippen molar-refractivity contribution in [2.75, 3.05) is 0 Å². The van der Waals surface area contributed by atoms with Crippen molar-refractivity contribution in [2.45, 2.75) is 12.3 Å². The fourth-order valence-electron chi connectivity index (χ4n) is 0.546. The van der Waals surface area contributed by atoms with Crippen LogP contribution in [0.4, 0.5) is 8.78 Å². The molecule has 0 saturated heterocycles. The second kappa shape index (κ2) is 3.57. The second-order valence-electron chi connectivity index (χ2n) is 1.87. The first-order chi connectivity index (χ1) is 5.24. The summed E-state index contributed by atoms with van der Waals surface area (Å²) in [5.74, 6) is 0.500. The van der Waals surface area contributed by atoms with Gasteiger partial charge < -0.3 is 0 Å². The molecule has 0 bridgehead atoms. The van der Waals surface area contributed by atoms with Crippen LogP contribution in [-0.2, 0) is 5.88 Å². The molecule has 0 saturated carbocycles. The lowest BCUT2D eigenvalue weighted by molar-refractivity contribution is 0.150. The van der Waals surface area contributed by atoms with Gasteiger partial charge in [0, 0.05) is 12.4 Å². The fourth-order valence-corrected chi connectivity index (χ4v) is 0.684. The molecule has 0 aliphatic carbocycles. The fraction of sp³-hybridized carbons (Fsp3) is 0.333. The molecule has 0 radical (unpaired) electrons. The lowest BCUT2D eigenvalue weighted by Crippen LogP contribution is -1.93. The van der Waals surface area contributed by atoms with E-state index in [1.165, 1.54) is 0 Å². The van der Waals surface area contributed by atoms with Crippen LogP contribution in [0.2, 0.25) is 0 Å². The molecular formula is C6H5ClF2N2. The molecule has 1 heterocycles. The Kier molecular flexibility index (Phi) is 2.70. The molecule has 1 rings (SSSR count). The molecule has 1 aromatic rings. The molecule has 0 atom stereocenters. The zero-order valence-corrected chi connectivity index (χ0v) is 6.22. The standard InChI is InChI=1S/C6H5ClF2N2/c7-1-5-10-2-4(3-11-5)6(8)9/h2-3,6H,1H2. The van der Waals surface area contributed by atoms with Crippen molar-refractivity contribution >= 4 is 11.6 Å². The van der Waals surface area contributed by atoms with Gasteiger partial charge in [0.2, 0.25) is 0 Å². The Morgan fingerprint density at radius 3 is 2.27 bits per heavy atom. The summed E-state index contributed by atoms with van der Waals surface area (Å²) in [4.78, 5) is 7.19. The summed E-state index contributed by atoms with van der Waals surface area (Å²) in [6.45, 7) is 0. The molecule has 11 heavy (non-hydrogen) atoms. The molecule has 0 N–H and O–H groups in total. The molecule has 0 spiro atoms. The van der Waals surface area contributed by atoms with Gasteiger partial charge in [0.1, 0.15) is 5.82 Å². The van der Waals surface area contributed by atoms with Crippen molar-refractivity contribution in [1.82, 2.24) is 9.97 Å². The highest BCUT2D eigenvalue weighted by molar-refractivity contribution is 6.16. The van der Waals surface area contributed by atoms with Gasteiger partial charge in [0.15, 0.2) is 0 Å². The van der Waals surface area contributed by atoms with Crippen molar-refractivity contribution in [2.24, 2.45) is 0 Å². The van der Waals surface area contributed by atoms with E-state index in [0.29, 0.717) is 5.82 Å². The number of rotatable bonds is 2. The Bertz CT molecular complexity index is 225. The molecule has 0 aliphatic rings. The molecule has 5 heteroatoms. The lowest BCUT2D eigenvalue weighted by atomic mass is 10.3. The van der Waals surface area contributed by atoms with E-state index >= 15 is 0 Å². The lowest BCUT2D eigenvalue weighted by Gasteiger charge is -1.97. The van der Waals surface area contributed by atoms with Crippen LogP contribution >= 0.6 is 11.6 Å². The molecule has 0 fully saturated rings. The second-order valence-corrected chi connectivity index (χ2v) is 2.13. The van der Waals surface area contributed by atoms with Gasteiger partial charge in [-0.1, -0.05) is 0 Å². The summed E-state index contributed by atoms with van der Waals surface area (Å²) in [6.07, 6.45) is -0.357. The van der Waals surface area contributed by atoms with Gasteiger partial charge in [-0.05, 0) is 0 Å². The van der Waals surface area contributed by atoms with Crippen LogP contribution in [0.5, 0.6) is 0 Å². The zero-order valence-electron chi connectivity index (χ0n) is 5.47. The van der Waals surface area contributed by atoms with Gasteiger partial charge in [-0.2, -0.15) is 0 Å². The maximum Gasteiger partial charge on any atom is 0.266 e. The molecule has 60 valence electrons. The number of nitrogens with zero attached hydrogens (tertiary/aromatic N) is 2. The first-order valence-corrected chi connectivity index (χ1v) is 3.42. The summed E-state index contributed by atoms with van der Waals surface area (Å²) < 4.78 is 23.8. The molecule has 0 unspecified atom stereocenters. The van der Waals surface area contributed by atoms with Gasteiger partial charge in [-0.3, -0.25) is 0 Å². The third-order valence-corrected chi connectivity index (χ3v) is 1.34. The van der Waals surface area contributed by atoms with Crippen LogP contribution in [0.25, 0.3) is 0 Å². The zero-order chi connectivity index (χ0) is 8.27. The first-order valence-electron chi connectivity index (χ1n) is 2.89. The molecule has 1 aromatic heterocycles. The highest BCUT2D eigenvalue weighted by atomic mass is 35.5. The number of alkyl halides is 3. The van der Waals surface area contributed by atoms with Gasteiger partial charge in [-0.15, -0.1) is 11.6 Å². The first kappa shape index (κ1) is 8.33. The molecule has 0 aliphatic heterocycles. The minimum atomic E-state index is -2.51. The molecule has 2 nitrogen and oxygen atoms in total. The minimum absolute atomic E-state index is 0.142. The van der Waals surface area contributed by atoms with Gasteiger partial charge in [0.05, 0.1) is 11.4 Å². The highest BCUT2D eigenvalue weighted by Gasteiger charge is 2.06. The van der Waals surface area contributed by atoms with Crippen molar-refractivity contribution in [1.29, 1.82) is 0 Å². The average Bonchev–Trinajstić information content (AvgIpc) is 2.05.